The van der Waals surface area contributed by atoms with Crippen molar-refractivity contribution in [2.75, 3.05) is 30.4 Å². The lowest BCUT2D eigenvalue weighted by Gasteiger charge is -2.12. The number of aromatic nitrogens is 1. The average Bonchev–Trinajstić information content (AvgIpc) is 3.11. The number of benzene rings is 1. The van der Waals surface area contributed by atoms with Crippen LogP contribution in [0.15, 0.2) is 30.3 Å². The Labute approximate surface area is 147 Å². The SMILES string of the molecule is O=[N+]([O-])c1ccc(NCCC2OCCO2)nc1Nc1ccc(F)c(F)c1. The molecule has 0 spiro atoms. The van der Waals surface area contributed by atoms with Crippen LogP contribution in [0.25, 0.3) is 0 Å². The number of rotatable bonds is 7. The van der Waals surface area contributed by atoms with Crippen molar-refractivity contribution in [2.24, 2.45) is 0 Å². The van der Waals surface area contributed by atoms with Crippen LogP contribution >= 0.6 is 0 Å². The lowest BCUT2D eigenvalue weighted by molar-refractivity contribution is -0.384. The Morgan fingerprint density at radius 1 is 1.19 bits per heavy atom. The molecule has 138 valence electrons. The van der Waals surface area contributed by atoms with Crippen molar-refractivity contribution in [1.82, 2.24) is 4.98 Å². The highest BCUT2D eigenvalue weighted by Crippen LogP contribution is 2.28. The van der Waals surface area contributed by atoms with Gasteiger partial charge in [0.25, 0.3) is 0 Å². The number of nitro groups is 1. The van der Waals surface area contributed by atoms with Gasteiger partial charge < -0.3 is 20.1 Å². The van der Waals surface area contributed by atoms with Gasteiger partial charge in [0.15, 0.2) is 17.9 Å². The molecular weight excluding hydrogens is 350 g/mol. The Morgan fingerprint density at radius 2 is 1.96 bits per heavy atom. The van der Waals surface area contributed by atoms with Crippen molar-refractivity contribution < 1.29 is 23.2 Å². The molecule has 3 rings (SSSR count). The Hall–Kier alpha value is -2.85. The van der Waals surface area contributed by atoms with Crippen LogP contribution in [0.4, 0.5) is 31.8 Å². The van der Waals surface area contributed by atoms with Crippen molar-refractivity contribution in [1.29, 1.82) is 0 Å². The predicted molar refractivity (Wildman–Crippen MR) is 89.3 cm³/mol. The highest BCUT2D eigenvalue weighted by molar-refractivity contribution is 5.67. The fraction of sp³-hybridized carbons (Fsp3) is 0.312. The van der Waals surface area contributed by atoms with E-state index in [0.29, 0.717) is 32.0 Å². The van der Waals surface area contributed by atoms with E-state index in [-0.39, 0.29) is 23.5 Å². The molecule has 1 aromatic heterocycles. The topological polar surface area (TPSA) is 98.6 Å². The number of nitrogens with zero attached hydrogens (tertiary/aromatic N) is 2. The van der Waals surface area contributed by atoms with E-state index in [2.05, 4.69) is 15.6 Å². The second-order valence-corrected chi connectivity index (χ2v) is 5.46. The first-order valence-corrected chi connectivity index (χ1v) is 7.87. The fourth-order valence-corrected chi connectivity index (χ4v) is 2.39. The largest absolute Gasteiger partial charge is 0.370 e. The minimum atomic E-state index is -1.07. The standard InChI is InChI=1S/C16H16F2N4O4/c17-11-2-1-10(9-12(11)18)20-16-13(22(23)24)3-4-14(21-16)19-6-5-15-25-7-8-26-15/h1-4,9,15H,5-8H2,(H2,19,20,21). The molecule has 1 saturated heterocycles. The molecule has 2 N–H and O–H groups in total. The number of halogens is 2. The van der Waals surface area contributed by atoms with Gasteiger partial charge in [-0.3, -0.25) is 10.1 Å². The normalized spacial score (nSPS) is 14.4. The van der Waals surface area contributed by atoms with Crippen LogP contribution in [0.1, 0.15) is 6.42 Å². The summed E-state index contributed by atoms with van der Waals surface area (Å²) in [6, 6.07) is 5.83. The minimum absolute atomic E-state index is 0.0839. The maximum absolute atomic E-state index is 13.3. The molecule has 0 amide bonds. The maximum atomic E-state index is 13.3. The number of anilines is 3. The molecule has 2 aromatic rings. The highest BCUT2D eigenvalue weighted by Gasteiger charge is 2.18. The van der Waals surface area contributed by atoms with Gasteiger partial charge in [-0.2, -0.15) is 0 Å². The summed E-state index contributed by atoms with van der Waals surface area (Å²) in [5, 5.41) is 16.8. The second-order valence-electron chi connectivity index (χ2n) is 5.46. The first-order chi connectivity index (χ1) is 12.5. The third-order valence-corrected chi connectivity index (χ3v) is 3.63. The molecule has 0 aliphatic carbocycles. The molecule has 1 aliphatic rings. The molecule has 0 unspecified atom stereocenters. The van der Waals surface area contributed by atoms with Crippen molar-refractivity contribution >= 4 is 23.0 Å². The van der Waals surface area contributed by atoms with E-state index in [4.69, 9.17) is 9.47 Å². The lowest BCUT2D eigenvalue weighted by atomic mass is 10.3. The van der Waals surface area contributed by atoms with Gasteiger partial charge in [-0.1, -0.05) is 0 Å². The third-order valence-electron chi connectivity index (χ3n) is 3.63. The number of hydrogen-bond donors (Lipinski definition) is 2. The van der Waals surface area contributed by atoms with E-state index in [1.165, 1.54) is 18.2 Å². The van der Waals surface area contributed by atoms with Crippen molar-refractivity contribution in [3.63, 3.8) is 0 Å². The van der Waals surface area contributed by atoms with E-state index in [1.54, 1.807) is 0 Å². The molecule has 0 bridgehead atoms. The van der Waals surface area contributed by atoms with E-state index in [9.17, 15) is 18.9 Å². The molecule has 8 nitrogen and oxygen atoms in total. The van der Waals surface area contributed by atoms with Crippen molar-refractivity contribution in [3.05, 3.63) is 52.1 Å². The van der Waals surface area contributed by atoms with Gasteiger partial charge in [0.2, 0.25) is 5.82 Å². The van der Waals surface area contributed by atoms with Gasteiger partial charge in [0.05, 0.1) is 18.1 Å². The molecule has 0 atom stereocenters. The lowest BCUT2D eigenvalue weighted by Crippen LogP contribution is -2.15. The Morgan fingerprint density at radius 3 is 2.65 bits per heavy atom. The Bertz CT molecular complexity index is 800. The quantitative estimate of drug-likeness (QED) is 0.573. The van der Waals surface area contributed by atoms with Crippen LogP contribution in [0.5, 0.6) is 0 Å². The van der Waals surface area contributed by atoms with Crippen LogP contribution in [0.3, 0.4) is 0 Å². The summed E-state index contributed by atoms with van der Waals surface area (Å²) in [5.41, 5.74) is -0.146. The smallest absolute Gasteiger partial charge is 0.311 e. The van der Waals surface area contributed by atoms with Gasteiger partial charge in [-0.05, 0) is 18.2 Å². The van der Waals surface area contributed by atoms with Crippen LogP contribution < -0.4 is 10.6 Å². The second kappa shape index (κ2) is 8.02. The monoisotopic (exact) mass is 366 g/mol. The summed E-state index contributed by atoms with van der Waals surface area (Å²) >= 11 is 0. The number of pyridine rings is 1. The summed E-state index contributed by atoms with van der Waals surface area (Å²) in [5.74, 6) is -1.77. The minimum Gasteiger partial charge on any atom is -0.370 e. The highest BCUT2D eigenvalue weighted by atomic mass is 19.2. The summed E-state index contributed by atoms with van der Waals surface area (Å²) in [7, 11) is 0. The van der Waals surface area contributed by atoms with E-state index >= 15 is 0 Å². The van der Waals surface area contributed by atoms with Crippen LogP contribution in [0, 0.1) is 21.7 Å². The van der Waals surface area contributed by atoms with E-state index in [0.717, 1.165) is 12.1 Å². The Balaban J connectivity index is 1.72. The van der Waals surface area contributed by atoms with Gasteiger partial charge in [-0.15, -0.1) is 0 Å². The van der Waals surface area contributed by atoms with Crippen molar-refractivity contribution in [2.45, 2.75) is 12.7 Å². The summed E-state index contributed by atoms with van der Waals surface area (Å²) in [6.45, 7) is 1.60. The molecule has 10 heteroatoms. The van der Waals surface area contributed by atoms with Gasteiger partial charge in [0, 0.05) is 30.8 Å². The molecule has 0 saturated carbocycles. The van der Waals surface area contributed by atoms with E-state index < -0.39 is 16.6 Å². The number of ether oxygens (including phenoxy) is 2. The first kappa shape index (κ1) is 18.0. The molecule has 0 radical (unpaired) electrons. The van der Waals surface area contributed by atoms with Crippen LogP contribution in [-0.2, 0) is 9.47 Å². The van der Waals surface area contributed by atoms with E-state index in [1.807, 2.05) is 0 Å². The summed E-state index contributed by atoms with van der Waals surface area (Å²) < 4.78 is 37.0. The molecular formula is C16H16F2N4O4. The molecule has 2 heterocycles. The first-order valence-electron chi connectivity index (χ1n) is 7.87. The number of hydrogen-bond acceptors (Lipinski definition) is 7. The van der Waals surface area contributed by atoms with Crippen molar-refractivity contribution in [3.8, 4) is 0 Å². The summed E-state index contributed by atoms with van der Waals surface area (Å²) in [6.07, 6.45) is 0.310. The van der Waals surface area contributed by atoms with Gasteiger partial charge >= 0.3 is 5.69 Å². The fourth-order valence-electron chi connectivity index (χ4n) is 2.39. The zero-order valence-electron chi connectivity index (χ0n) is 13.6. The average molecular weight is 366 g/mol. The zero-order chi connectivity index (χ0) is 18.5. The summed E-state index contributed by atoms with van der Waals surface area (Å²) in [4.78, 5) is 14.7. The predicted octanol–water partition coefficient (Wildman–Crippen LogP) is 3.19. The Kier molecular flexibility index (Phi) is 5.54. The number of nitrogens with one attached hydrogen (secondary N) is 2. The van der Waals surface area contributed by atoms with Crippen LogP contribution in [-0.4, -0.2) is 36.0 Å². The maximum Gasteiger partial charge on any atom is 0.311 e. The molecule has 1 fully saturated rings. The molecule has 26 heavy (non-hydrogen) atoms. The molecule has 1 aromatic carbocycles. The molecule has 1 aliphatic heterocycles. The van der Waals surface area contributed by atoms with Crippen LogP contribution in [0.2, 0.25) is 0 Å². The van der Waals surface area contributed by atoms with Gasteiger partial charge in [-0.25, -0.2) is 13.8 Å². The third kappa shape index (κ3) is 4.41. The van der Waals surface area contributed by atoms with Gasteiger partial charge in [0.1, 0.15) is 5.82 Å². The zero-order valence-corrected chi connectivity index (χ0v) is 13.6.